The molecule has 36 heavy (non-hydrogen) atoms. The molecule has 3 aromatic rings. The Morgan fingerprint density at radius 2 is 1.83 bits per heavy atom. The number of thioether (sulfide) groups is 1. The molecule has 1 amide bonds. The van der Waals surface area contributed by atoms with E-state index in [1.165, 1.54) is 24.4 Å². The number of carbonyl (C=O) groups excluding carboxylic acids is 2. The summed E-state index contributed by atoms with van der Waals surface area (Å²) in [7, 11) is 1.43. The van der Waals surface area contributed by atoms with Crippen molar-refractivity contribution in [1.29, 1.82) is 5.26 Å². The highest BCUT2D eigenvalue weighted by atomic mass is 32.2. The van der Waals surface area contributed by atoms with Gasteiger partial charge >= 0.3 is 23.8 Å². The SMILES string of the molecule is COC(=O)CC1CCC(c2ccc(NC(=O)c3nnc(Nc4ccc(C#N)c(SC)c4)o3)cc2)CC1. The summed E-state index contributed by atoms with van der Waals surface area (Å²) in [6, 6.07) is 15.2. The third kappa shape index (κ3) is 6.23. The molecule has 9 nitrogen and oxygen atoms in total. The number of amides is 1. The number of methoxy groups -OCH3 is 1. The lowest BCUT2D eigenvalue weighted by Crippen LogP contribution is -2.17. The second-order valence-corrected chi connectivity index (χ2v) is 9.49. The quantitative estimate of drug-likeness (QED) is 0.301. The topological polar surface area (TPSA) is 130 Å². The maximum absolute atomic E-state index is 12.6. The van der Waals surface area contributed by atoms with Crippen molar-refractivity contribution in [3.8, 4) is 6.07 Å². The van der Waals surface area contributed by atoms with Gasteiger partial charge in [-0.2, -0.15) is 5.26 Å². The van der Waals surface area contributed by atoms with Gasteiger partial charge in [-0.1, -0.05) is 17.2 Å². The van der Waals surface area contributed by atoms with Crippen LogP contribution in [0.2, 0.25) is 0 Å². The van der Waals surface area contributed by atoms with E-state index in [2.05, 4.69) is 26.9 Å². The van der Waals surface area contributed by atoms with Crippen molar-refractivity contribution in [2.75, 3.05) is 24.0 Å². The summed E-state index contributed by atoms with van der Waals surface area (Å²) < 4.78 is 10.2. The van der Waals surface area contributed by atoms with E-state index < -0.39 is 5.91 Å². The van der Waals surface area contributed by atoms with Crippen LogP contribution in [0.15, 0.2) is 51.8 Å². The monoisotopic (exact) mass is 505 g/mol. The number of nitriles is 1. The first-order valence-electron chi connectivity index (χ1n) is 11.7. The zero-order valence-electron chi connectivity index (χ0n) is 20.1. The van der Waals surface area contributed by atoms with Gasteiger partial charge < -0.3 is 19.8 Å². The molecule has 0 aliphatic heterocycles. The van der Waals surface area contributed by atoms with Gasteiger partial charge in [-0.3, -0.25) is 9.59 Å². The third-order valence-electron chi connectivity index (χ3n) is 6.36. The van der Waals surface area contributed by atoms with Crippen LogP contribution in [0.3, 0.4) is 0 Å². The number of benzene rings is 2. The summed E-state index contributed by atoms with van der Waals surface area (Å²) in [4.78, 5) is 24.9. The fourth-order valence-corrected chi connectivity index (χ4v) is 4.97. The number of rotatable bonds is 8. The molecule has 1 heterocycles. The number of ether oxygens (including phenoxy) is 1. The van der Waals surface area contributed by atoms with E-state index in [1.807, 2.05) is 30.5 Å². The summed E-state index contributed by atoms with van der Waals surface area (Å²) >= 11 is 1.46. The fraction of sp³-hybridized carbons (Fsp3) is 0.346. The molecule has 0 saturated heterocycles. The van der Waals surface area contributed by atoms with Crippen molar-refractivity contribution < 1.29 is 18.7 Å². The number of nitrogens with zero attached hydrogens (tertiary/aromatic N) is 3. The molecule has 0 unspecified atom stereocenters. The minimum Gasteiger partial charge on any atom is -0.469 e. The van der Waals surface area contributed by atoms with Crippen LogP contribution in [0.4, 0.5) is 17.4 Å². The predicted octanol–water partition coefficient (Wildman–Crippen LogP) is 5.50. The summed E-state index contributed by atoms with van der Waals surface area (Å²) in [6.45, 7) is 0. The predicted molar refractivity (Wildman–Crippen MR) is 136 cm³/mol. The van der Waals surface area contributed by atoms with Crippen LogP contribution < -0.4 is 10.6 Å². The summed E-state index contributed by atoms with van der Waals surface area (Å²) in [5, 5.41) is 22.6. The Labute approximate surface area is 213 Å². The molecular formula is C26H27N5O4S. The van der Waals surface area contributed by atoms with Gasteiger partial charge in [0.2, 0.25) is 0 Å². The molecule has 0 spiro atoms. The van der Waals surface area contributed by atoms with Gasteiger partial charge in [0.05, 0.1) is 12.7 Å². The van der Waals surface area contributed by atoms with E-state index in [0.29, 0.717) is 35.2 Å². The first-order chi connectivity index (χ1) is 17.5. The minimum absolute atomic E-state index is 0.0788. The Kier molecular flexibility index (Phi) is 8.23. The molecule has 1 aliphatic rings. The van der Waals surface area contributed by atoms with Gasteiger partial charge in [0.25, 0.3) is 0 Å². The third-order valence-corrected chi connectivity index (χ3v) is 7.14. The van der Waals surface area contributed by atoms with Gasteiger partial charge in [-0.15, -0.1) is 16.9 Å². The molecular weight excluding hydrogens is 478 g/mol. The maximum atomic E-state index is 12.6. The van der Waals surface area contributed by atoms with Gasteiger partial charge in [0.1, 0.15) is 6.07 Å². The largest absolute Gasteiger partial charge is 0.469 e. The van der Waals surface area contributed by atoms with E-state index in [9.17, 15) is 9.59 Å². The Morgan fingerprint density at radius 1 is 1.11 bits per heavy atom. The van der Waals surface area contributed by atoms with Crippen LogP contribution in [0.1, 0.15) is 59.8 Å². The van der Waals surface area contributed by atoms with Crippen molar-refractivity contribution in [2.45, 2.75) is 42.9 Å². The van der Waals surface area contributed by atoms with Crippen LogP contribution in [0.5, 0.6) is 0 Å². The lowest BCUT2D eigenvalue weighted by Gasteiger charge is -2.28. The average Bonchev–Trinajstić information content (AvgIpc) is 3.38. The van der Waals surface area contributed by atoms with E-state index in [4.69, 9.17) is 14.4 Å². The molecule has 1 aromatic heterocycles. The van der Waals surface area contributed by atoms with Crippen molar-refractivity contribution >= 4 is 41.0 Å². The molecule has 1 saturated carbocycles. The highest BCUT2D eigenvalue weighted by molar-refractivity contribution is 7.98. The summed E-state index contributed by atoms with van der Waals surface area (Å²) in [5.74, 6) is 0.0368. The minimum atomic E-state index is -0.503. The first kappa shape index (κ1) is 25.3. The molecule has 1 fully saturated rings. The molecule has 4 rings (SSSR count). The van der Waals surface area contributed by atoms with Gasteiger partial charge in [0.15, 0.2) is 0 Å². The van der Waals surface area contributed by atoms with Crippen LogP contribution in [-0.2, 0) is 9.53 Å². The van der Waals surface area contributed by atoms with Gasteiger partial charge in [-0.05, 0) is 79.7 Å². The van der Waals surface area contributed by atoms with Crippen molar-refractivity contribution in [3.63, 3.8) is 0 Å². The van der Waals surface area contributed by atoms with Crippen LogP contribution in [0, 0.1) is 17.2 Å². The Balaban J connectivity index is 1.31. The molecule has 0 radical (unpaired) electrons. The highest BCUT2D eigenvalue weighted by Gasteiger charge is 2.24. The smallest absolute Gasteiger partial charge is 0.320 e. The average molecular weight is 506 g/mol. The van der Waals surface area contributed by atoms with Gasteiger partial charge in [0, 0.05) is 22.7 Å². The summed E-state index contributed by atoms with van der Waals surface area (Å²) in [6.07, 6.45) is 6.46. The van der Waals surface area contributed by atoms with Crippen molar-refractivity contribution in [3.05, 3.63) is 59.5 Å². The summed E-state index contributed by atoms with van der Waals surface area (Å²) in [5.41, 5.74) is 3.10. The number of hydrogen-bond donors (Lipinski definition) is 2. The zero-order chi connectivity index (χ0) is 25.5. The number of nitrogens with one attached hydrogen (secondary N) is 2. The Morgan fingerprint density at radius 3 is 2.50 bits per heavy atom. The molecule has 1 aliphatic carbocycles. The fourth-order valence-electron chi connectivity index (χ4n) is 4.39. The molecule has 186 valence electrons. The maximum Gasteiger partial charge on any atom is 0.320 e. The number of carbonyl (C=O) groups is 2. The molecule has 10 heteroatoms. The molecule has 2 aromatic carbocycles. The van der Waals surface area contributed by atoms with E-state index in [1.54, 1.807) is 18.2 Å². The standard InChI is InChI=1S/C26H27N5O4S/c1-34-23(32)13-16-3-5-17(6-4-16)18-7-10-20(11-8-18)28-24(33)25-30-31-26(35-25)29-21-12-9-19(15-27)22(14-21)36-2/h7-12,14,16-17H,3-6,13H2,1-2H3,(H,28,33)(H,29,31). The first-order valence-corrected chi connectivity index (χ1v) is 12.9. The second-order valence-electron chi connectivity index (χ2n) is 8.64. The lowest BCUT2D eigenvalue weighted by molar-refractivity contribution is -0.142. The zero-order valence-corrected chi connectivity index (χ0v) is 20.9. The normalized spacial score (nSPS) is 17.1. The van der Waals surface area contributed by atoms with E-state index >= 15 is 0 Å². The number of anilines is 3. The van der Waals surface area contributed by atoms with Crippen molar-refractivity contribution in [2.24, 2.45) is 5.92 Å². The van der Waals surface area contributed by atoms with E-state index in [0.717, 1.165) is 30.6 Å². The Hall–Kier alpha value is -3.84. The molecule has 0 atom stereocenters. The number of hydrogen-bond acceptors (Lipinski definition) is 9. The number of aromatic nitrogens is 2. The highest BCUT2D eigenvalue weighted by Crippen LogP contribution is 2.37. The van der Waals surface area contributed by atoms with Crippen LogP contribution in [-0.4, -0.2) is 35.4 Å². The lowest BCUT2D eigenvalue weighted by atomic mass is 9.77. The molecule has 0 bridgehead atoms. The number of esters is 1. The van der Waals surface area contributed by atoms with Crippen LogP contribution in [0.25, 0.3) is 0 Å². The van der Waals surface area contributed by atoms with Crippen LogP contribution >= 0.6 is 11.8 Å². The van der Waals surface area contributed by atoms with E-state index in [-0.39, 0.29) is 17.9 Å². The van der Waals surface area contributed by atoms with Crippen molar-refractivity contribution in [1.82, 2.24) is 10.2 Å². The Bertz CT molecular complexity index is 1260. The second kappa shape index (κ2) is 11.7. The van der Waals surface area contributed by atoms with Gasteiger partial charge in [-0.25, -0.2) is 0 Å². The molecule has 2 N–H and O–H groups in total.